The number of amides is 1. The summed E-state index contributed by atoms with van der Waals surface area (Å²) in [6.45, 7) is 3.29. The Balaban J connectivity index is 1.33. The van der Waals surface area contributed by atoms with Gasteiger partial charge in [0, 0.05) is 17.5 Å². The summed E-state index contributed by atoms with van der Waals surface area (Å²) in [5.41, 5.74) is 5.17. The van der Waals surface area contributed by atoms with Crippen molar-refractivity contribution in [1.82, 2.24) is 20.1 Å². The average molecular weight is 374 g/mol. The van der Waals surface area contributed by atoms with E-state index in [-0.39, 0.29) is 5.91 Å². The van der Waals surface area contributed by atoms with Crippen molar-refractivity contribution in [1.29, 1.82) is 0 Å². The molecule has 1 N–H and O–H groups in total. The van der Waals surface area contributed by atoms with E-state index in [1.54, 1.807) is 17.3 Å². The van der Waals surface area contributed by atoms with Crippen molar-refractivity contribution in [2.24, 2.45) is 0 Å². The minimum atomic E-state index is -0.0195. The molecule has 28 heavy (non-hydrogen) atoms. The summed E-state index contributed by atoms with van der Waals surface area (Å²) < 4.78 is 7.39. The molecule has 142 valence electrons. The number of hydrogen-bond acceptors (Lipinski definition) is 4. The first-order valence-corrected chi connectivity index (χ1v) is 9.37. The van der Waals surface area contributed by atoms with Crippen molar-refractivity contribution >= 4 is 16.9 Å². The molecule has 0 radical (unpaired) electrons. The summed E-state index contributed by atoms with van der Waals surface area (Å²) >= 11 is 0. The fraction of sp³-hybridized carbons (Fsp3) is 0.227. The highest BCUT2D eigenvalue weighted by Crippen LogP contribution is 2.23. The predicted octanol–water partition coefficient (Wildman–Crippen LogP) is 3.49. The molecule has 2 aromatic heterocycles. The SMILES string of the molecule is CCc1ccc2c(CC(=O)NCc3ccc(Cn4cncn4)cc3)coc2c1. The Bertz CT molecular complexity index is 1070. The number of aromatic nitrogens is 3. The minimum absolute atomic E-state index is 0.0195. The number of hydrogen-bond donors (Lipinski definition) is 1. The highest BCUT2D eigenvalue weighted by Gasteiger charge is 2.11. The Kier molecular flexibility index (Phi) is 5.19. The van der Waals surface area contributed by atoms with Gasteiger partial charge in [-0.1, -0.05) is 43.3 Å². The normalized spacial score (nSPS) is 11.0. The molecule has 0 bridgehead atoms. The minimum Gasteiger partial charge on any atom is -0.464 e. The van der Waals surface area contributed by atoms with Gasteiger partial charge in [0.25, 0.3) is 0 Å². The fourth-order valence-corrected chi connectivity index (χ4v) is 3.18. The van der Waals surface area contributed by atoms with Crippen LogP contribution in [0.2, 0.25) is 0 Å². The zero-order valence-corrected chi connectivity index (χ0v) is 15.8. The summed E-state index contributed by atoms with van der Waals surface area (Å²) in [6, 6.07) is 14.3. The third-order valence-corrected chi connectivity index (χ3v) is 4.80. The van der Waals surface area contributed by atoms with Gasteiger partial charge in [-0.25, -0.2) is 9.67 Å². The van der Waals surface area contributed by atoms with E-state index in [0.29, 0.717) is 19.5 Å². The molecule has 0 fully saturated rings. The molecule has 6 nitrogen and oxygen atoms in total. The van der Waals surface area contributed by atoms with Crippen LogP contribution in [-0.4, -0.2) is 20.7 Å². The van der Waals surface area contributed by atoms with Gasteiger partial charge in [0.2, 0.25) is 5.91 Å². The number of nitrogens with one attached hydrogen (secondary N) is 1. The van der Waals surface area contributed by atoms with E-state index >= 15 is 0 Å². The molecule has 0 aliphatic rings. The van der Waals surface area contributed by atoms with Crippen LogP contribution in [0.5, 0.6) is 0 Å². The number of benzene rings is 2. The molecule has 6 heteroatoms. The molecule has 0 unspecified atom stereocenters. The van der Waals surface area contributed by atoms with Crippen molar-refractivity contribution in [3.05, 3.63) is 83.6 Å². The Hall–Kier alpha value is -3.41. The fourth-order valence-electron chi connectivity index (χ4n) is 3.18. The van der Waals surface area contributed by atoms with Gasteiger partial charge in [0.15, 0.2) is 0 Å². The van der Waals surface area contributed by atoms with Crippen molar-refractivity contribution < 1.29 is 9.21 Å². The summed E-state index contributed by atoms with van der Waals surface area (Å²) in [6.07, 6.45) is 6.17. The molecular weight excluding hydrogens is 352 g/mol. The molecule has 0 saturated heterocycles. The number of carbonyl (C=O) groups is 1. The third kappa shape index (κ3) is 4.11. The molecule has 2 heterocycles. The van der Waals surface area contributed by atoms with E-state index in [1.807, 2.05) is 36.4 Å². The van der Waals surface area contributed by atoms with Crippen LogP contribution in [0, 0.1) is 0 Å². The van der Waals surface area contributed by atoms with Crippen molar-refractivity contribution in [2.75, 3.05) is 0 Å². The molecular formula is C22H22N4O2. The van der Waals surface area contributed by atoms with Gasteiger partial charge in [0.1, 0.15) is 18.2 Å². The van der Waals surface area contributed by atoms with Gasteiger partial charge in [0.05, 0.1) is 19.2 Å². The third-order valence-electron chi connectivity index (χ3n) is 4.80. The maximum atomic E-state index is 12.4. The molecule has 0 saturated carbocycles. The molecule has 0 spiro atoms. The summed E-state index contributed by atoms with van der Waals surface area (Å²) in [5, 5.41) is 8.09. The van der Waals surface area contributed by atoms with Crippen LogP contribution >= 0.6 is 0 Å². The molecule has 0 atom stereocenters. The topological polar surface area (TPSA) is 73.0 Å². The number of fused-ring (bicyclic) bond motifs is 1. The van der Waals surface area contributed by atoms with E-state index in [9.17, 15) is 4.79 Å². The molecule has 4 rings (SSSR count). The zero-order chi connectivity index (χ0) is 19.3. The van der Waals surface area contributed by atoms with E-state index in [1.165, 1.54) is 11.9 Å². The van der Waals surface area contributed by atoms with E-state index < -0.39 is 0 Å². The summed E-state index contributed by atoms with van der Waals surface area (Å²) in [5.74, 6) is -0.0195. The molecule has 4 aromatic rings. The largest absolute Gasteiger partial charge is 0.464 e. The van der Waals surface area contributed by atoms with E-state index in [2.05, 4.69) is 28.4 Å². The Morgan fingerprint density at radius 1 is 1.11 bits per heavy atom. The lowest BCUT2D eigenvalue weighted by molar-refractivity contribution is -0.120. The van der Waals surface area contributed by atoms with Crippen LogP contribution in [0.4, 0.5) is 0 Å². The number of rotatable bonds is 7. The maximum absolute atomic E-state index is 12.4. The average Bonchev–Trinajstić information content (AvgIpc) is 3.37. The monoisotopic (exact) mass is 374 g/mol. The number of furan rings is 1. The molecule has 0 aliphatic carbocycles. The van der Waals surface area contributed by atoms with Crippen molar-refractivity contribution in [3.8, 4) is 0 Å². The van der Waals surface area contributed by atoms with Crippen LogP contribution in [0.15, 0.2) is 65.8 Å². The first kappa shape index (κ1) is 18.0. The lowest BCUT2D eigenvalue weighted by Gasteiger charge is -2.07. The van der Waals surface area contributed by atoms with Crippen LogP contribution in [0.1, 0.15) is 29.2 Å². The van der Waals surface area contributed by atoms with E-state index in [0.717, 1.165) is 34.1 Å². The summed E-state index contributed by atoms with van der Waals surface area (Å²) in [4.78, 5) is 16.3. The van der Waals surface area contributed by atoms with Crippen LogP contribution in [0.3, 0.4) is 0 Å². The lowest BCUT2D eigenvalue weighted by Crippen LogP contribution is -2.24. The number of aryl methyl sites for hydroxylation is 1. The summed E-state index contributed by atoms with van der Waals surface area (Å²) in [7, 11) is 0. The van der Waals surface area contributed by atoms with Gasteiger partial charge in [-0.3, -0.25) is 4.79 Å². The van der Waals surface area contributed by atoms with Crippen molar-refractivity contribution in [2.45, 2.75) is 32.9 Å². The molecule has 1 amide bonds. The second-order valence-electron chi connectivity index (χ2n) is 6.81. The zero-order valence-electron chi connectivity index (χ0n) is 15.8. The van der Waals surface area contributed by atoms with Gasteiger partial charge in [-0.2, -0.15) is 5.10 Å². The van der Waals surface area contributed by atoms with Gasteiger partial charge < -0.3 is 9.73 Å². The highest BCUT2D eigenvalue weighted by atomic mass is 16.3. The van der Waals surface area contributed by atoms with Crippen LogP contribution < -0.4 is 5.32 Å². The lowest BCUT2D eigenvalue weighted by atomic mass is 10.1. The molecule has 0 aliphatic heterocycles. The highest BCUT2D eigenvalue weighted by molar-refractivity contribution is 5.87. The quantitative estimate of drug-likeness (QED) is 0.537. The van der Waals surface area contributed by atoms with E-state index in [4.69, 9.17) is 4.42 Å². The second kappa shape index (κ2) is 8.08. The van der Waals surface area contributed by atoms with Gasteiger partial charge in [-0.15, -0.1) is 0 Å². The second-order valence-corrected chi connectivity index (χ2v) is 6.81. The predicted molar refractivity (Wildman–Crippen MR) is 107 cm³/mol. The Morgan fingerprint density at radius 3 is 2.64 bits per heavy atom. The Morgan fingerprint density at radius 2 is 1.89 bits per heavy atom. The number of nitrogens with zero attached hydrogens (tertiary/aromatic N) is 3. The standard InChI is InChI=1S/C22H22N4O2/c1-2-16-7-8-20-19(13-28-21(20)9-16)10-22(27)24-11-17-3-5-18(6-4-17)12-26-15-23-14-25-26/h3-9,13-15H,2,10-12H2,1H3,(H,24,27). The van der Waals surface area contributed by atoms with Gasteiger partial charge in [-0.05, 0) is 29.2 Å². The maximum Gasteiger partial charge on any atom is 0.224 e. The Labute approximate surface area is 163 Å². The van der Waals surface area contributed by atoms with Crippen LogP contribution in [0.25, 0.3) is 11.0 Å². The van der Waals surface area contributed by atoms with Gasteiger partial charge >= 0.3 is 0 Å². The van der Waals surface area contributed by atoms with Crippen molar-refractivity contribution in [3.63, 3.8) is 0 Å². The molecule has 2 aromatic carbocycles. The number of carbonyl (C=O) groups excluding carboxylic acids is 1. The van der Waals surface area contributed by atoms with Crippen LogP contribution in [-0.2, 0) is 30.7 Å². The first-order chi connectivity index (χ1) is 13.7. The first-order valence-electron chi connectivity index (χ1n) is 9.37. The smallest absolute Gasteiger partial charge is 0.224 e.